The van der Waals surface area contributed by atoms with Crippen LogP contribution in [0.15, 0.2) is 54.6 Å². The van der Waals surface area contributed by atoms with Crippen LogP contribution in [0.5, 0.6) is 5.75 Å². The molecule has 0 spiro atoms. The maximum absolute atomic E-state index is 12.6. The Bertz CT molecular complexity index is 1080. The van der Waals surface area contributed by atoms with Gasteiger partial charge in [-0.25, -0.2) is 4.98 Å². The van der Waals surface area contributed by atoms with Gasteiger partial charge in [0.25, 0.3) is 5.91 Å². The monoisotopic (exact) mass is 459 g/mol. The van der Waals surface area contributed by atoms with Crippen molar-refractivity contribution in [3.8, 4) is 5.75 Å². The standard InChI is InChI=1S/C27H33N5O2/c1-3-4-7-18-34-24-14-8-21(9-15-24)26(33)30-23-12-10-22(11-13-23)29-25-19-20(2)28-27(31-25)32-16-5-6-17-32/h8-15,19H,3-7,16-18H2,1-2H3,(H,30,33)(H,28,29,31). The van der Waals surface area contributed by atoms with Gasteiger partial charge in [-0.1, -0.05) is 19.8 Å². The highest BCUT2D eigenvalue weighted by atomic mass is 16.5. The summed E-state index contributed by atoms with van der Waals surface area (Å²) in [5.74, 6) is 2.18. The van der Waals surface area contributed by atoms with Gasteiger partial charge in [0.15, 0.2) is 0 Å². The highest BCUT2D eigenvalue weighted by Crippen LogP contribution is 2.23. The summed E-state index contributed by atoms with van der Waals surface area (Å²) in [6, 6.07) is 16.8. The van der Waals surface area contributed by atoms with Crippen molar-refractivity contribution < 1.29 is 9.53 Å². The number of hydrogen-bond donors (Lipinski definition) is 2. The smallest absolute Gasteiger partial charge is 0.255 e. The van der Waals surface area contributed by atoms with Crippen molar-refractivity contribution >= 4 is 29.0 Å². The quantitative estimate of drug-likeness (QED) is 0.365. The number of carbonyl (C=O) groups is 1. The molecule has 34 heavy (non-hydrogen) atoms. The van der Waals surface area contributed by atoms with Gasteiger partial charge < -0.3 is 20.3 Å². The predicted molar refractivity (Wildman–Crippen MR) is 137 cm³/mol. The molecule has 2 heterocycles. The average Bonchev–Trinajstić information content (AvgIpc) is 3.38. The van der Waals surface area contributed by atoms with Crippen molar-refractivity contribution in [1.82, 2.24) is 9.97 Å². The molecule has 178 valence electrons. The SMILES string of the molecule is CCCCCOc1ccc(C(=O)Nc2ccc(Nc3cc(C)nc(N4CCCC4)n3)cc2)cc1. The van der Waals surface area contributed by atoms with Gasteiger partial charge in [0.1, 0.15) is 11.6 Å². The van der Waals surface area contributed by atoms with Crippen LogP contribution in [0.2, 0.25) is 0 Å². The zero-order valence-electron chi connectivity index (χ0n) is 20.0. The van der Waals surface area contributed by atoms with Crippen LogP contribution < -0.4 is 20.3 Å². The molecule has 0 unspecified atom stereocenters. The molecule has 1 aliphatic rings. The van der Waals surface area contributed by atoms with E-state index in [0.717, 1.165) is 60.5 Å². The van der Waals surface area contributed by atoms with Gasteiger partial charge in [-0.05, 0) is 74.7 Å². The van der Waals surface area contributed by atoms with Gasteiger partial charge in [0, 0.05) is 41.8 Å². The summed E-state index contributed by atoms with van der Waals surface area (Å²) < 4.78 is 5.72. The van der Waals surface area contributed by atoms with E-state index < -0.39 is 0 Å². The fourth-order valence-corrected chi connectivity index (χ4v) is 3.91. The summed E-state index contributed by atoms with van der Waals surface area (Å²) in [5.41, 5.74) is 3.15. The molecule has 2 N–H and O–H groups in total. The first kappa shape index (κ1) is 23.5. The number of nitrogens with one attached hydrogen (secondary N) is 2. The minimum atomic E-state index is -0.153. The lowest BCUT2D eigenvalue weighted by molar-refractivity contribution is 0.102. The second kappa shape index (κ2) is 11.5. The second-order valence-corrected chi connectivity index (χ2v) is 8.63. The number of anilines is 4. The molecular formula is C27H33N5O2. The van der Waals surface area contributed by atoms with E-state index in [1.165, 1.54) is 19.3 Å². The maximum Gasteiger partial charge on any atom is 0.255 e. The van der Waals surface area contributed by atoms with Gasteiger partial charge in [-0.15, -0.1) is 0 Å². The minimum Gasteiger partial charge on any atom is -0.494 e. The normalized spacial score (nSPS) is 13.1. The molecule has 7 heteroatoms. The van der Waals surface area contributed by atoms with Crippen LogP contribution in [-0.4, -0.2) is 35.6 Å². The third-order valence-corrected chi connectivity index (χ3v) is 5.78. The summed E-state index contributed by atoms with van der Waals surface area (Å²) >= 11 is 0. The lowest BCUT2D eigenvalue weighted by Gasteiger charge is -2.17. The fourth-order valence-electron chi connectivity index (χ4n) is 3.91. The van der Waals surface area contributed by atoms with Crippen molar-refractivity contribution in [2.24, 2.45) is 0 Å². The maximum atomic E-state index is 12.6. The number of carbonyl (C=O) groups excluding carboxylic acids is 1. The minimum absolute atomic E-state index is 0.153. The molecule has 0 bridgehead atoms. The predicted octanol–water partition coefficient (Wildman–Crippen LogP) is 5.95. The Balaban J connectivity index is 1.32. The van der Waals surface area contributed by atoms with Crippen LogP contribution in [0.4, 0.5) is 23.1 Å². The Labute approximate surface area is 201 Å². The summed E-state index contributed by atoms with van der Waals surface area (Å²) in [5, 5.41) is 6.29. The molecule has 7 nitrogen and oxygen atoms in total. The molecule has 4 rings (SSSR count). The third kappa shape index (κ3) is 6.47. The number of aromatic nitrogens is 2. The summed E-state index contributed by atoms with van der Waals surface area (Å²) in [6.07, 6.45) is 5.74. The molecule has 1 fully saturated rings. The number of rotatable bonds is 10. The van der Waals surface area contributed by atoms with Crippen molar-refractivity contribution in [3.05, 3.63) is 65.9 Å². The molecule has 1 aliphatic heterocycles. The number of ether oxygens (including phenoxy) is 1. The van der Waals surface area contributed by atoms with E-state index in [0.29, 0.717) is 12.2 Å². The molecule has 0 aliphatic carbocycles. The van der Waals surface area contributed by atoms with E-state index in [2.05, 4.69) is 32.4 Å². The lowest BCUT2D eigenvalue weighted by atomic mass is 10.2. The van der Waals surface area contributed by atoms with Crippen LogP contribution in [-0.2, 0) is 0 Å². The molecular weight excluding hydrogens is 426 g/mol. The number of hydrogen-bond acceptors (Lipinski definition) is 6. The van der Waals surface area contributed by atoms with Gasteiger partial charge in [0.05, 0.1) is 6.61 Å². The molecule has 1 amide bonds. The van der Waals surface area contributed by atoms with Crippen LogP contribution in [0.1, 0.15) is 55.1 Å². The Hall–Kier alpha value is -3.61. The number of benzene rings is 2. The zero-order chi connectivity index (χ0) is 23.8. The first-order valence-electron chi connectivity index (χ1n) is 12.1. The molecule has 0 atom stereocenters. The van der Waals surface area contributed by atoms with Crippen molar-refractivity contribution in [2.75, 3.05) is 35.2 Å². The van der Waals surface area contributed by atoms with Crippen LogP contribution in [0.3, 0.4) is 0 Å². The highest BCUT2D eigenvalue weighted by molar-refractivity contribution is 6.04. The second-order valence-electron chi connectivity index (χ2n) is 8.63. The average molecular weight is 460 g/mol. The molecule has 2 aromatic carbocycles. The first-order valence-corrected chi connectivity index (χ1v) is 12.1. The summed E-state index contributed by atoms with van der Waals surface area (Å²) in [7, 11) is 0. The summed E-state index contributed by atoms with van der Waals surface area (Å²) in [4.78, 5) is 24.1. The van der Waals surface area contributed by atoms with Crippen LogP contribution in [0.25, 0.3) is 0 Å². The third-order valence-electron chi connectivity index (χ3n) is 5.78. The van der Waals surface area contributed by atoms with Gasteiger partial charge in [-0.3, -0.25) is 4.79 Å². The molecule has 0 saturated carbocycles. The van der Waals surface area contributed by atoms with Crippen LogP contribution in [0, 0.1) is 6.92 Å². The Morgan fingerprint density at radius 1 is 0.971 bits per heavy atom. The van der Waals surface area contributed by atoms with E-state index in [9.17, 15) is 4.79 Å². The zero-order valence-corrected chi connectivity index (χ0v) is 20.0. The van der Waals surface area contributed by atoms with Crippen LogP contribution >= 0.6 is 0 Å². The van der Waals surface area contributed by atoms with Crippen molar-refractivity contribution in [3.63, 3.8) is 0 Å². The van der Waals surface area contributed by atoms with Gasteiger partial charge in [0.2, 0.25) is 5.95 Å². The van der Waals surface area contributed by atoms with E-state index in [4.69, 9.17) is 4.74 Å². The van der Waals surface area contributed by atoms with E-state index in [-0.39, 0.29) is 5.91 Å². The first-order chi connectivity index (χ1) is 16.6. The largest absolute Gasteiger partial charge is 0.494 e. The lowest BCUT2D eigenvalue weighted by Crippen LogP contribution is -2.21. The Morgan fingerprint density at radius 2 is 1.68 bits per heavy atom. The van der Waals surface area contributed by atoms with Crippen molar-refractivity contribution in [2.45, 2.75) is 46.0 Å². The topological polar surface area (TPSA) is 79.4 Å². The van der Waals surface area contributed by atoms with Crippen molar-refractivity contribution in [1.29, 1.82) is 0 Å². The number of nitrogens with zero attached hydrogens (tertiary/aromatic N) is 3. The number of unbranched alkanes of at least 4 members (excludes halogenated alkanes) is 2. The summed E-state index contributed by atoms with van der Waals surface area (Å²) in [6.45, 7) is 6.86. The highest BCUT2D eigenvalue weighted by Gasteiger charge is 2.16. The number of amides is 1. The number of aryl methyl sites for hydroxylation is 1. The molecule has 1 saturated heterocycles. The van der Waals surface area contributed by atoms with E-state index in [1.54, 1.807) is 12.1 Å². The molecule has 1 aromatic heterocycles. The molecule has 0 radical (unpaired) electrons. The molecule has 3 aromatic rings. The van der Waals surface area contributed by atoms with Gasteiger partial charge >= 0.3 is 0 Å². The fraction of sp³-hybridized carbons (Fsp3) is 0.370. The van der Waals surface area contributed by atoms with Gasteiger partial charge in [-0.2, -0.15) is 4.98 Å². The Morgan fingerprint density at radius 3 is 2.38 bits per heavy atom. The van der Waals surface area contributed by atoms with E-state index >= 15 is 0 Å². The Kier molecular flexibility index (Phi) is 7.96. The van der Waals surface area contributed by atoms with E-state index in [1.807, 2.05) is 49.4 Å².